The molecule has 0 spiro atoms. The van der Waals surface area contributed by atoms with Gasteiger partial charge in [-0.3, -0.25) is 4.79 Å². The first-order valence-electron chi connectivity index (χ1n) is 9.18. The van der Waals surface area contributed by atoms with Crippen LogP contribution >= 0.6 is 11.3 Å². The Balaban J connectivity index is 1.34. The second-order valence-electron chi connectivity index (χ2n) is 6.81. The number of rotatable bonds is 6. The molecule has 1 amide bonds. The molecule has 0 radical (unpaired) electrons. The number of oxazole rings is 1. The van der Waals surface area contributed by atoms with Crippen LogP contribution in [0, 0.1) is 6.92 Å². The van der Waals surface area contributed by atoms with Crippen molar-refractivity contribution in [3.8, 4) is 11.3 Å². The van der Waals surface area contributed by atoms with Crippen molar-refractivity contribution in [1.82, 2.24) is 14.9 Å². The molecule has 0 aliphatic rings. The number of aromatic nitrogens is 2. The molecular formula is C22H21N3O2S. The number of fused-ring (bicyclic) bond motifs is 1. The summed E-state index contributed by atoms with van der Waals surface area (Å²) in [6.07, 6.45) is 2.55. The highest BCUT2D eigenvalue weighted by molar-refractivity contribution is 7.18. The maximum Gasteiger partial charge on any atom is 0.223 e. The monoisotopic (exact) mass is 391 g/mol. The number of aryl methyl sites for hydroxylation is 2. The third kappa shape index (κ3) is 4.12. The Labute approximate surface area is 167 Å². The standard InChI is InChI=1S/C22H21N3O2S/c1-15-7-9-16(10-8-15)18-13-23-20(27-18)11-12-22(26)25(2)14-21-24-17-5-3-4-6-19(17)28-21/h3-10,13H,11-12,14H2,1-2H3. The molecule has 0 N–H and O–H groups in total. The smallest absolute Gasteiger partial charge is 0.223 e. The summed E-state index contributed by atoms with van der Waals surface area (Å²) in [6, 6.07) is 16.1. The van der Waals surface area contributed by atoms with E-state index < -0.39 is 0 Å². The number of hydrogen-bond acceptors (Lipinski definition) is 5. The van der Waals surface area contributed by atoms with Crippen molar-refractivity contribution in [3.05, 3.63) is 71.2 Å². The van der Waals surface area contributed by atoms with Crippen LogP contribution in [-0.2, 0) is 17.8 Å². The van der Waals surface area contributed by atoms with Crippen LogP contribution in [0.15, 0.2) is 59.1 Å². The molecule has 4 aromatic rings. The summed E-state index contributed by atoms with van der Waals surface area (Å²) < 4.78 is 6.95. The second kappa shape index (κ2) is 7.94. The molecular weight excluding hydrogens is 370 g/mol. The lowest BCUT2D eigenvalue weighted by atomic mass is 10.1. The van der Waals surface area contributed by atoms with Gasteiger partial charge in [-0.2, -0.15) is 0 Å². The average molecular weight is 391 g/mol. The molecule has 2 aromatic carbocycles. The first-order chi connectivity index (χ1) is 13.6. The molecule has 5 nitrogen and oxygen atoms in total. The van der Waals surface area contributed by atoms with E-state index in [4.69, 9.17) is 4.42 Å². The van der Waals surface area contributed by atoms with Crippen molar-refractivity contribution < 1.29 is 9.21 Å². The van der Waals surface area contributed by atoms with Gasteiger partial charge in [-0.15, -0.1) is 11.3 Å². The zero-order valence-corrected chi connectivity index (χ0v) is 16.7. The first kappa shape index (κ1) is 18.4. The van der Waals surface area contributed by atoms with E-state index in [-0.39, 0.29) is 5.91 Å². The SMILES string of the molecule is Cc1ccc(-c2cnc(CCC(=O)N(C)Cc3nc4ccccc4s3)o2)cc1. The Morgan fingerprint density at radius 2 is 1.93 bits per heavy atom. The minimum atomic E-state index is 0.0503. The van der Waals surface area contributed by atoms with Crippen LogP contribution in [0.3, 0.4) is 0 Å². The number of para-hydroxylation sites is 1. The van der Waals surface area contributed by atoms with Crippen molar-refractivity contribution in [1.29, 1.82) is 0 Å². The van der Waals surface area contributed by atoms with E-state index in [1.54, 1.807) is 22.4 Å². The quantitative estimate of drug-likeness (QED) is 0.471. The Morgan fingerprint density at radius 3 is 2.71 bits per heavy atom. The van der Waals surface area contributed by atoms with Crippen molar-refractivity contribution in [3.63, 3.8) is 0 Å². The predicted octanol–water partition coefficient (Wildman–Crippen LogP) is 4.85. The average Bonchev–Trinajstić information content (AvgIpc) is 3.33. The predicted molar refractivity (Wildman–Crippen MR) is 111 cm³/mol. The molecule has 0 aliphatic heterocycles. The third-order valence-electron chi connectivity index (χ3n) is 4.58. The fourth-order valence-electron chi connectivity index (χ4n) is 2.96. The number of benzene rings is 2. The van der Waals surface area contributed by atoms with E-state index in [2.05, 4.69) is 9.97 Å². The van der Waals surface area contributed by atoms with Crippen LogP contribution in [-0.4, -0.2) is 27.8 Å². The van der Waals surface area contributed by atoms with Gasteiger partial charge in [0.2, 0.25) is 5.91 Å². The summed E-state index contributed by atoms with van der Waals surface area (Å²) in [5.74, 6) is 1.36. The van der Waals surface area contributed by atoms with Crippen LogP contribution in [0.4, 0.5) is 0 Å². The largest absolute Gasteiger partial charge is 0.441 e. The molecule has 4 rings (SSSR count). The summed E-state index contributed by atoms with van der Waals surface area (Å²) in [5.41, 5.74) is 3.17. The molecule has 6 heteroatoms. The Bertz CT molecular complexity index is 1070. The van der Waals surface area contributed by atoms with Crippen LogP contribution in [0.2, 0.25) is 0 Å². The Morgan fingerprint density at radius 1 is 1.14 bits per heavy atom. The highest BCUT2D eigenvalue weighted by Gasteiger charge is 2.14. The van der Waals surface area contributed by atoms with Crippen LogP contribution in [0.25, 0.3) is 21.5 Å². The van der Waals surface area contributed by atoms with Gasteiger partial charge < -0.3 is 9.32 Å². The van der Waals surface area contributed by atoms with Gasteiger partial charge >= 0.3 is 0 Å². The van der Waals surface area contributed by atoms with E-state index in [9.17, 15) is 4.79 Å². The zero-order valence-electron chi connectivity index (χ0n) is 15.9. The van der Waals surface area contributed by atoms with Crippen LogP contribution in [0.1, 0.15) is 22.9 Å². The molecule has 2 aromatic heterocycles. The highest BCUT2D eigenvalue weighted by Crippen LogP contribution is 2.23. The van der Waals surface area contributed by atoms with E-state index in [1.165, 1.54) is 5.56 Å². The lowest BCUT2D eigenvalue weighted by molar-refractivity contribution is -0.130. The fraction of sp³-hybridized carbons (Fsp3) is 0.227. The first-order valence-corrected chi connectivity index (χ1v) is 10.0. The normalized spacial score (nSPS) is 11.1. The van der Waals surface area contributed by atoms with E-state index in [1.807, 2.05) is 62.5 Å². The molecule has 0 aliphatic carbocycles. The molecule has 0 unspecified atom stereocenters. The highest BCUT2D eigenvalue weighted by atomic mass is 32.1. The van der Waals surface area contributed by atoms with Gasteiger partial charge in [0.05, 0.1) is 23.0 Å². The molecule has 0 saturated carbocycles. The number of carbonyl (C=O) groups is 1. The number of amides is 1. The van der Waals surface area contributed by atoms with Crippen molar-refractivity contribution in [2.24, 2.45) is 0 Å². The number of carbonyl (C=O) groups excluding carboxylic acids is 1. The van der Waals surface area contributed by atoms with Gasteiger partial charge in [0.25, 0.3) is 0 Å². The van der Waals surface area contributed by atoms with Gasteiger partial charge in [-0.05, 0) is 19.1 Å². The molecule has 2 heterocycles. The number of thiazole rings is 1. The molecule has 0 saturated heterocycles. The van der Waals surface area contributed by atoms with Crippen LogP contribution in [0.5, 0.6) is 0 Å². The van der Waals surface area contributed by atoms with Gasteiger partial charge in [0.1, 0.15) is 5.01 Å². The van der Waals surface area contributed by atoms with Crippen molar-refractivity contribution in [2.75, 3.05) is 7.05 Å². The lowest BCUT2D eigenvalue weighted by Crippen LogP contribution is -2.26. The zero-order chi connectivity index (χ0) is 19.5. The minimum Gasteiger partial charge on any atom is -0.441 e. The summed E-state index contributed by atoms with van der Waals surface area (Å²) in [5, 5.41) is 0.940. The Kier molecular flexibility index (Phi) is 5.21. The van der Waals surface area contributed by atoms with Gasteiger partial charge in [0, 0.05) is 25.5 Å². The summed E-state index contributed by atoms with van der Waals surface area (Å²) in [4.78, 5) is 23.1. The summed E-state index contributed by atoms with van der Waals surface area (Å²) in [7, 11) is 1.81. The van der Waals surface area contributed by atoms with Gasteiger partial charge in [-0.25, -0.2) is 9.97 Å². The molecule has 0 fully saturated rings. The fourth-order valence-corrected chi connectivity index (χ4v) is 3.98. The lowest BCUT2D eigenvalue weighted by Gasteiger charge is -2.14. The van der Waals surface area contributed by atoms with Gasteiger partial charge in [-0.1, -0.05) is 42.0 Å². The minimum absolute atomic E-state index is 0.0503. The molecule has 142 valence electrons. The van der Waals surface area contributed by atoms with E-state index in [0.29, 0.717) is 25.3 Å². The molecule has 0 atom stereocenters. The third-order valence-corrected chi connectivity index (χ3v) is 5.60. The second-order valence-corrected chi connectivity index (χ2v) is 7.92. The van der Waals surface area contributed by atoms with Crippen LogP contribution < -0.4 is 0 Å². The van der Waals surface area contributed by atoms with Crippen molar-refractivity contribution in [2.45, 2.75) is 26.3 Å². The molecule has 28 heavy (non-hydrogen) atoms. The Hall–Kier alpha value is -2.99. The molecule has 0 bridgehead atoms. The topological polar surface area (TPSA) is 59.2 Å². The van der Waals surface area contributed by atoms with Gasteiger partial charge in [0.15, 0.2) is 11.7 Å². The number of nitrogens with zero attached hydrogens (tertiary/aromatic N) is 3. The maximum atomic E-state index is 12.5. The van der Waals surface area contributed by atoms with E-state index >= 15 is 0 Å². The number of hydrogen-bond donors (Lipinski definition) is 0. The summed E-state index contributed by atoms with van der Waals surface area (Å²) in [6.45, 7) is 2.56. The summed E-state index contributed by atoms with van der Waals surface area (Å²) >= 11 is 1.62. The van der Waals surface area contributed by atoms with E-state index in [0.717, 1.165) is 26.5 Å². The maximum absolute atomic E-state index is 12.5. The van der Waals surface area contributed by atoms with Crippen molar-refractivity contribution >= 4 is 27.5 Å².